The minimum absolute atomic E-state index is 0.117. The van der Waals surface area contributed by atoms with Gasteiger partial charge in [-0.1, -0.05) is 13.8 Å². The number of hydrogen-bond donors (Lipinski definition) is 2. The van der Waals surface area contributed by atoms with Gasteiger partial charge in [0.05, 0.1) is 16.9 Å². The average Bonchev–Trinajstić information content (AvgIpc) is 2.70. The third-order valence-corrected chi connectivity index (χ3v) is 6.36. The highest BCUT2D eigenvalue weighted by molar-refractivity contribution is 5.94. The van der Waals surface area contributed by atoms with E-state index in [-0.39, 0.29) is 17.6 Å². The number of fused-ring (bicyclic) bond motifs is 4. The zero-order valence-electron chi connectivity index (χ0n) is 11.8. The van der Waals surface area contributed by atoms with Crippen molar-refractivity contribution in [2.45, 2.75) is 52.6 Å². The van der Waals surface area contributed by atoms with E-state index < -0.39 is 28.3 Å². The Balaban J connectivity index is 2.01. The van der Waals surface area contributed by atoms with E-state index in [4.69, 9.17) is 0 Å². The first-order chi connectivity index (χ1) is 8.63. The fourth-order valence-electron chi connectivity index (χ4n) is 5.21. The first-order valence-electron chi connectivity index (χ1n) is 7.10. The van der Waals surface area contributed by atoms with Crippen molar-refractivity contribution in [3.8, 4) is 0 Å². The van der Waals surface area contributed by atoms with Crippen LogP contribution in [0.5, 0.6) is 0 Å². The first-order valence-corrected chi connectivity index (χ1v) is 7.10. The van der Waals surface area contributed by atoms with E-state index in [0.29, 0.717) is 25.7 Å². The number of aliphatic hydroxyl groups excluding tert-OH is 1. The Bertz CT molecular complexity index is 473. The van der Waals surface area contributed by atoms with Crippen LogP contribution in [0.4, 0.5) is 0 Å². The molecule has 19 heavy (non-hydrogen) atoms. The molecule has 3 saturated carbocycles. The maximum absolute atomic E-state index is 12.7. The summed E-state index contributed by atoms with van der Waals surface area (Å²) in [6.45, 7) is 5.60. The molecule has 3 aliphatic rings. The molecule has 0 heterocycles. The van der Waals surface area contributed by atoms with Crippen LogP contribution in [0.15, 0.2) is 0 Å². The molecular weight excluding hydrogens is 244 g/mol. The third-order valence-electron chi connectivity index (χ3n) is 6.36. The molecule has 2 N–H and O–H groups in total. The van der Waals surface area contributed by atoms with Crippen LogP contribution in [-0.2, 0) is 9.59 Å². The molecule has 0 aromatic heterocycles. The Morgan fingerprint density at radius 2 is 1.74 bits per heavy atom. The van der Waals surface area contributed by atoms with Crippen molar-refractivity contribution < 1.29 is 19.8 Å². The number of Topliss-reactive ketones (excluding diaryl/α,β-unsaturated/α-hetero) is 1. The molecule has 0 aliphatic heterocycles. The molecule has 0 spiro atoms. The monoisotopic (exact) mass is 266 g/mol. The lowest BCUT2D eigenvalue weighted by molar-refractivity contribution is -0.148. The number of carboxylic acid groups (broad SMARTS) is 1. The van der Waals surface area contributed by atoms with Crippen molar-refractivity contribution in [3.05, 3.63) is 0 Å². The van der Waals surface area contributed by atoms with Crippen LogP contribution >= 0.6 is 0 Å². The number of hydrogen-bond acceptors (Lipinski definition) is 3. The molecule has 3 aliphatic carbocycles. The van der Waals surface area contributed by atoms with Gasteiger partial charge < -0.3 is 10.2 Å². The Morgan fingerprint density at radius 3 is 2.32 bits per heavy atom. The molecule has 0 amide bonds. The van der Waals surface area contributed by atoms with E-state index in [1.54, 1.807) is 6.92 Å². The van der Waals surface area contributed by atoms with Crippen molar-refractivity contribution >= 4 is 11.8 Å². The molecule has 2 bridgehead atoms. The Hall–Kier alpha value is -0.900. The van der Waals surface area contributed by atoms with Gasteiger partial charge in [0.15, 0.2) is 0 Å². The molecule has 0 saturated heterocycles. The number of rotatable bonds is 1. The second kappa shape index (κ2) is 3.40. The number of carbonyl (C=O) groups excluding carboxylic acids is 1. The van der Waals surface area contributed by atoms with Gasteiger partial charge in [-0.05, 0) is 44.4 Å². The summed E-state index contributed by atoms with van der Waals surface area (Å²) in [5.41, 5.74) is -1.88. The van der Waals surface area contributed by atoms with Crippen molar-refractivity contribution in [2.24, 2.45) is 28.1 Å². The highest BCUT2D eigenvalue weighted by Crippen LogP contribution is 2.66. The van der Waals surface area contributed by atoms with Crippen LogP contribution < -0.4 is 0 Å². The highest BCUT2D eigenvalue weighted by Gasteiger charge is 2.68. The summed E-state index contributed by atoms with van der Waals surface area (Å²) in [5.74, 6) is -0.222. The third kappa shape index (κ3) is 1.38. The highest BCUT2D eigenvalue weighted by atomic mass is 16.4. The second-order valence-electron chi connectivity index (χ2n) is 7.73. The maximum Gasteiger partial charge on any atom is 0.309 e. The maximum atomic E-state index is 12.7. The topological polar surface area (TPSA) is 74.6 Å². The van der Waals surface area contributed by atoms with Crippen molar-refractivity contribution in [3.63, 3.8) is 0 Å². The Labute approximate surface area is 113 Å². The molecule has 0 aromatic rings. The minimum Gasteiger partial charge on any atom is -0.481 e. The molecule has 3 fully saturated rings. The number of aliphatic hydroxyl groups is 1. The number of carbonyl (C=O) groups is 2. The van der Waals surface area contributed by atoms with Gasteiger partial charge in [-0.25, -0.2) is 0 Å². The van der Waals surface area contributed by atoms with Gasteiger partial charge in [0.1, 0.15) is 5.78 Å². The van der Waals surface area contributed by atoms with E-state index >= 15 is 0 Å². The van der Waals surface area contributed by atoms with Gasteiger partial charge in [0.2, 0.25) is 0 Å². The summed E-state index contributed by atoms with van der Waals surface area (Å²) >= 11 is 0. The fraction of sp³-hybridized carbons (Fsp3) is 0.867. The standard InChI is InChI=1S/C15H22O4/c1-13(12(18)19)4-8-5-15(3)10(16)7-14(2,11(15)17)9(8)6-13/h8-10,16H,4-7H2,1-3H3,(H,18,19)/t8-,9-,10+,13-,14+,15+/m0/s1. The van der Waals surface area contributed by atoms with Crippen LogP contribution in [0.2, 0.25) is 0 Å². The van der Waals surface area contributed by atoms with Crippen molar-refractivity contribution in [2.75, 3.05) is 0 Å². The zero-order chi connectivity index (χ0) is 14.2. The van der Waals surface area contributed by atoms with Crippen LogP contribution in [-0.4, -0.2) is 28.1 Å². The molecule has 4 nitrogen and oxygen atoms in total. The number of ketones is 1. The van der Waals surface area contributed by atoms with E-state index in [9.17, 15) is 19.8 Å². The predicted octanol–water partition coefficient (Wildman–Crippen LogP) is 1.85. The van der Waals surface area contributed by atoms with E-state index in [2.05, 4.69) is 0 Å². The molecule has 3 rings (SSSR count). The van der Waals surface area contributed by atoms with Crippen LogP contribution in [0.25, 0.3) is 0 Å². The zero-order valence-corrected chi connectivity index (χ0v) is 11.8. The molecule has 6 atom stereocenters. The van der Waals surface area contributed by atoms with Crippen LogP contribution in [0.1, 0.15) is 46.5 Å². The van der Waals surface area contributed by atoms with Crippen molar-refractivity contribution in [1.29, 1.82) is 0 Å². The summed E-state index contributed by atoms with van der Waals surface area (Å²) < 4.78 is 0. The molecule has 0 unspecified atom stereocenters. The summed E-state index contributed by atoms with van der Waals surface area (Å²) in [7, 11) is 0. The lowest BCUT2D eigenvalue weighted by Gasteiger charge is -2.42. The lowest BCUT2D eigenvalue weighted by Crippen LogP contribution is -2.46. The largest absolute Gasteiger partial charge is 0.481 e. The van der Waals surface area contributed by atoms with Gasteiger partial charge in [0.25, 0.3) is 0 Å². The fourth-order valence-corrected chi connectivity index (χ4v) is 5.21. The number of aliphatic carboxylic acids is 1. The molecule has 0 radical (unpaired) electrons. The smallest absolute Gasteiger partial charge is 0.309 e. The SMILES string of the molecule is C[C@]1(C(=O)O)C[C@H]2C[C@@]3(C)C(=O)[C@](C)(C[C@H]3O)[C@H]2C1. The number of carboxylic acids is 1. The summed E-state index contributed by atoms with van der Waals surface area (Å²) in [4.78, 5) is 24.1. The summed E-state index contributed by atoms with van der Waals surface area (Å²) in [6, 6.07) is 0. The Morgan fingerprint density at radius 1 is 1.11 bits per heavy atom. The van der Waals surface area contributed by atoms with E-state index in [0.717, 1.165) is 0 Å². The molecule has 0 aromatic carbocycles. The quantitative estimate of drug-likeness (QED) is 0.759. The average molecular weight is 266 g/mol. The molecule has 106 valence electrons. The van der Waals surface area contributed by atoms with Gasteiger partial charge in [-0.3, -0.25) is 9.59 Å². The second-order valence-corrected chi connectivity index (χ2v) is 7.73. The molecule has 4 heteroatoms. The van der Waals surface area contributed by atoms with Gasteiger partial charge in [-0.15, -0.1) is 0 Å². The van der Waals surface area contributed by atoms with Crippen LogP contribution in [0, 0.1) is 28.1 Å². The lowest BCUT2D eigenvalue weighted by atomic mass is 9.60. The van der Waals surface area contributed by atoms with Gasteiger partial charge >= 0.3 is 5.97 Å². The predicted molar refractivity (Wildman–Crippen MR) is 68.4 cm³/mol. The van der Waals surface area contributed by atoms with Crippen molar-refractivity contribution in [1.82, 2.24) is 0 Å². The summed E-state index contributed by atoms with van der Waals surface area (Å²) in [6.07, 6.45) is 1.79. The van der Waals surface area contributed by atoms with Gasteiger partial charge in [0, 0.05) is 5.41 Å². The first kappa shape index (κ1) is 13.1. The van der Waals surface area contributed by atoms with E-state index in [1.165, 1.54) is 0 Å². The van der Waals surface area contributed by atoms with Crippen LogP contribution in [0.3, 0.4) is 0 Å². The van der Waals surface area contributed by atoms with E-state index in [1.807, 2.05) is 13.8 Å². The molecular formula is C15H22O4. The normalized spacial score (nSPS) is 56.2. The van der Waals surface area contributed by atoms with Gasteiger partial charge in [-0.2, -0.15) is 0 Å². The minimum atomic E-state index is -0.750. The summed E-state index contributed by atoms with van der Waals surface area (Å²) in [5, 5.41) is 19.7. The Kier molecular flexibility index (Phi) is 2.35.